The predicted molar refractivity (Wildman–Crippen MR) is 129 cm³/mol. The summed E-state index contributed by atoms with van der Waals surface area (Å²) in [4.78, 5) is 14.8. The van der Waals surface area contributed by atoms with Crippen molar-refractivity contribution < 1.29 is 9.53 Å². The number of ether oxygens (including phenoxy) is 1. The minimum Gasteiger partial charge on any atom is -0.495 e. The second-order valence-corrected chi connectivity index (χ2v) is 9.48. The maximum atomic E-state index is 13.2. The zero-order valence-corrected chi connectivity index (χ0v) is 19.7. The van der Waals surface area contributed by atoms with E-state index in [1.807, 2.05) is 68.6 Å². The van der Waals surface area contributed by atoms with Crippen LogP contribution >= 0.6 is 11.8 Å². The molecule has 4 rings (SSSR count). The highest BCUT2D eigenvalue weighted by Gasteiger charge is 2.28. The van der Waals surface area contributed by atoms with Crippen LogP contribution in [0.1, 0.15) is 50.8 Å². The molecule has 1 atom stereocenters. The number of methoxy groups -OCH3 is 1. The van der Waals surface area contributed by atoms with E-state index in [1.54, 1.807) is 12.0 Å². The van der Waals surface area contributed by atoms with Crippen LogP contribution in [0.25, 0.3) is 5.69 Å². The number of thioether (sulfide) groups is 1. The van der Waals surface area contributed by atoms with Gasteiger partial charge >= 0.3 is 0 Å². The zero-order valence-electron chi connectivity index (χ0n) is 18.9. The summed E-state index contributed by atoms with van der Waals surface area (Å²) in [6, 6.07) is 17.6. The summed E-state index contributed by atoms with van der Waals surface area (Å²) in [6.45, 7) is 1.92. The number of hydrogen-bond donors (Lipinski definition) is 0. The van der Waals surface area contributed by atoms with Crippen molar-refractivity contribution in [3.63, 3.8) is 0 Å². The fourth-order valence-corrected chi connectivity index (χ4v) is 5.24. The van der Waals surface area contributed by atoms with Gasteiger partial charge in [-0.25, -0.2) is 0 Å². The lowest BCUT2D eigenvalue weighted by molar-refractivity contribution is -0.117. The lowest BCUT2D eigenvalue weighted by atomic mass is 9.88. The van der Waals surface area contributed by atoms with Crippen LogP contribution in [0.4, 0.5) is 5.69 Å². The number of anilines is 1. The first-order valence-electron chi connectivity index (χ1n) is 11.2. The predicted octanol–water partition coefficient (Wildman–Crippen LogP) is 5.47. The van der Waals surface area contributed by atoms with Gasteiger partial charge < -0.3 is 9.64 Å². The Morgan fingerprint density at radius 1 is 1.06 bits per heavy atom. The number of amides is 1. The van der Waals surface area contributed by atoms with Gasteiger partial charge in [-0.1, -0.05) is 61.4 Å². The van der Waals surface area contributed by atoms with Crippen molar-refractivity contribution in [3.8, 4) is 11.4 Å². The number of nitrogens with zero attached hydrogens (tertiary/aromatic N) is 4. The van der Waals surface area contributed by atoms with Crippen molar-refractivity contribution in [2.75, 3.05) is 19.1 Å². The fraction of sp³-hybridized carbons (Fsp3) is 0.400. The van der Waals surface area contributed by atoms with Crippen molar-refractivity contribution in [1.29, 1.82) is 0 Å². The van der Waals surface area contributed by atoms with Crippen molar-refractivity contribution in [2.24, 2.45) is 0 Å². The molecule has 32 heavy (non-hydrogen) atoms. The number of carbonyl (C=O) groups is 1. The third-order valence-electron chi connectivity index (χ3n) is 6.06. The van der Waals surface area contributed by atoms with Gasteiger partial charge in [-0.15, -0.1) is 10.2 Å². The van der Waals surface area contributed by atoms with Gasteiger partial charge in [-0.05, 0) is 44.0 Å². The molecule has 1 unspecified atom stereocenters. The molecule has 0 saturated heterocycles. The molecule has 1 aromatic heterocycles. The molecule has 1 heterocycles. The average molecular weight is 451 g/mol. The quantitative estimate of drug-likeness (QED) is 0.447. The molecule has 1 fully saturated rings. The van der Waals surface area contributed by atoms with E-state index in [0.717, 1.165) is 40.9 Å². The Balaban J connectivity index is 1.66. The summed E-state index contributed by atoms with van der Waals surface area (Å²) >= 11 is 1.44. The lowest BCUT2D eigenvalue weighted by Gasteiger charge is -2.24. The van der Waals surface area contributed by atoms with Crippen molar-refractivity contribution in [1.82, 2.24) is 14.8 Å². The average Bonchev–Trinajstić information content (AvgIpc) is 3.27. The van der Waals surface area contributed by atoms with E-state index in [1.165, 1.54) is 31.0 Å². The molecule has 3 aromatic rings. The third kappa shape index (κ3) is 4.67. The molecule has 2 aromatic carbocycles. The van der Waals surface area contributed by atoms with Gasteiger partial charge in [0.2, 0.25) is 5.91 Å². The molecule has 0 spiro atoms. The topological polar surface area (TPSA) is 60.2 Å². The summed E-state index contributed by atoms with van der Waals surface area (Å²) < 4.78 is 7.76. The Morgan fingerprint density at radius 3 is 2.47 bits per heavy atom. The molecule has 6 nitrogen and oxygen atoms in total. The van der Waals surface area contributed by atoms with Crippen LogP contribution < -0.4 is 9.64 Å². The van der Waals surface area contributed by atoms with Crippen LogP contribution in [0.15, 0.2) is 59.8 Å². The highest BCUT2D eigenvalue weighted by molar-refractivity contribution is 8.00. The number of para-hydroxylation sites is 3. The maximum absolute atomic E-state index is 13.2. The molecule has 0 bridgehead atoms. The standard InChI is InChI=1S/C25H30N4O2S/c1-18(24(30)28(2)20-14-8-5-9-15-20)32-25-27-26-23(19-12-6-4-7-13-19)29(25)21-16-10-11-17-22(21)31-3/h5,8-11,14-19H,4,6-7,12-13H2,1-3H3. The van der Waals surface area contributed by atoms with E-state index in [9.17, 15) is 4.79 Å². The summed E-state index contributed by atoms with van der Waals surface area (Å²) in [5.74, 6) is 2.13. The van der Waals surface area contributed by atoms with Crippen LogP contribution in [0.3, 0.4) is 0 Å². The van der Waals surface area contributed by atoms with Crippen LogP contribution in [-0.4, -0.2) is 40.1 Å². The van der Waals surface area contributed by atoms with E-state index < -0.39 is 0 Å². The smallest absolute Gasteiger partial charge is 0.240 e. The highest BCUT2D eigenvalue weighted by atomic mass is 32.2. The van der Waals surface area contributed by atoms with Gasteiger partial charge in [0.1, 0.15) is 11.6 Å². The molecule has 1 amide bonds. The van der Waals surface area contributed by atoms with Gasteiger partial charge in [-0.2, -0.15) is 0 Å². The Morgan fingerprint density at radius 2 is 1.75 bits per heavy atom. The maximum Gasteiger partial charge on any atom is 0.240 e. The molecular formula is C25H30N4O2S. The van der Waals surface area contributed by atoms with Crippen LogP contribution in [0.2, 0.25) is 0 Å². The van der Waals surface area contributed by atoms with Gasteiger partial charge in [0, 0.05) is 18.7 Å². The third-order valence-corrected chi connectivity index (χ3v) is 7.09. The Bertz CT molecular complexity index is 1050. The Kier molecular flexibility index (Phi) is 7.15. The molecule has 1 aliphatic carbocycles. The zero-order chi connectivity index (χ0) is 22.5. The number of rotatable bonds is 7. The van der Waals surface area contributed by atoms with E-state index >= 15 is 0 Å². The van der Waals surface area contributed by atoms with Gasteiger partial charge in [0.05, 0.1) is 18.0 Å². The summed E-state index contributed by atoms with van der Waals surface area (Å²) in [7, 11) is 3.49. The fourth-order valence-electron chi connectivity index (χ4n) is 4.28. The largest absolute Gasteiger partial charge is 0.495 e. The molecular weight excluding hydrogens is 420 g/mol. The molecule has 1 aliphatic rings. The first-order chi connectivity index (χ1) is 15.6. The normalized spacial score (nSPS) is 15.3. The lowest BCUT2D eigenvalue weighted by Crippen LogP contribution is -2.33. The minimum absolute atomic E-state index is 0.0231. The monoisotopic (exact) mass is 450 g/mol. The first kappa shape index (κ1) is 22.4. The summed E-state index contributed by atoms with van der Waals surface area (Å²) in [6.07, 6.45) is 5.93. The molecule has 0 radical (unpaired) electrons. The number of carbonyl (C=O) groups excluding carboxylic acids is 1. The second-order valence-electron chi connectivity index (χ2n) is 8.18. The van der Waals surface area contributed by atoms with Crippen LogP contribution in [-0.2, 0) is 4.79 Å². The summed E-state index contributed by atoms with van der Waals surface area (Å²) in [5.41, 5.74) is 1.79. The molecule has 7 heteroatoms. The summed E-state index contributed by atoms with van der Waals surface area (Å²) in [5, 5.41) is 9.56. The second kappa shape index (κ2) is 10.2. The van der Waals surface area contributed by atoms with Crippen molar-refractivity contribution in [3.05, 3.63) is 60.4 Å². The number of hydrogen-bond acceptors (Lipinski definition) is 5. The van der Waals surface area contributed by atoms with E-state index in [2.05, 4.69) is 14.8 Å². The molecule has 168 valence electrons. The number of aromatic nitrogens is 3. The molecule has 0 N–H and O–H groups in total. The Labute approximate surface area is 194 Å². The van der Waals surface area contributed by atoms with E-state index in [0.29, 0.717) is 5.92 Å². The van der Waals surface area contributed by atoms with Crippen LogP contribution in [0.5, 0.6) is 5.75 Å². The van der Waals surface area contributed by atoms with Crippen LogP contribution in [0, 0.1) is 0 Å². The number of benzene rings is 2. The van der Waals surface area contributed by atoms with Crippen molar-refractivity contribution >= 4 is 23.4 Å². The minimum atomic E-state index is -0.322. The van der Waals surface area contributed by atoms with Gasteiger partial charge in [0.25, 0.3) is 0 Å². The highest BCUT2D eigenvalue weighted by Crippen LogP contribution is 2.37. The first-order valence-corrected chi connectivity index (χ1v) is 12.1. The Hall–Kier alpha value is -2.80. The van der Waals surface area contributed by atoms with E-state index in [4.69, 9.17) is 4.74 Å². The van der Waals surface area contributed by atoms with Crippen molar-refractivity contribution in [2.45, 2.75) is 55.4 Å². The van der Waals surface area contributed by atoms with Gasteiger partial charge in [0.15, 0.2) is 5.16 Å². The SMILES string of the molecule is COc1ccccc1-n1c(SC(C)C(=O)N(C)c2ccccc2)nnc1C1CCCCC1. The molecule has 1 saturated carbocycles. The molecule has 0 aliphatic heterocycles. The van der Waals surface area contributed by atoms with Gasteiger partial charge in [-0.3, -0.25) is 9.36 Å². The van der Waals surface area contributed by atoms with E-state index in [-0.39, 0.29) is 11.2 Å².